The molecule has 0 fully saturated rings. The van der Waals surface area contributed by atoms with E-state index in [0.29, 0.717) is 33.9 Å². The van der Waals surface area contributed by atoms with E-state index in [4.69, 9.17) is 10.5 Å². The first-order chi connectivity index (χ1) is 13.9. The average Bonchev–Trinajstić information content (AvgIpc) is 3.00. The van der Waals surface area contributed by atoms with Crippen LogP contribution in [0.3, 0.4) is 0 Å². The van der Waals surface area contributed by atoms with Gasteiger partial charge < -0.3 is 10.5 Å². The van der Waals surface area contributed by atoms with Crippen molar-refractivity contribution in [1.82, 2.24) is 24.5 Å². The minimum Gasteiger partial charge on any atom is -0.496 e. The quantitative estimate of drug-likeness (QED) is 0.534. The average molecular weight is 388 g/mol. The number of benzene rings is 1. The Morgan fingerprint density at radius 3 is 2.55 bits per heavy atom. The molecular weight excluding hydrogens is 368 g/mol. The zero-order valence-electron chi connectivity index (χ0n) is 16.6. The lowest BCUT2D eigenvalue weighted by atomic mass is 10.1. The summed E-state index contributed by atoms with van der Waals surface area (Å²) >= 11 is 0. The third kappa shape index (κ3) is 2.89. The number of carbonyl (C=O) groups is 1. The van der Waals surface area contributed by atoms with Gasteiger partial charge in [-0.15, -0.1) is 0 Å². The number of nitrogens with two attached hydrogens (primary N) is 1. The van der Waals surface area contributed by atoms with Crippen LogP contribution in [0, 0.1) is 13.8 Å². The summed E-state index contributed by atoms with van der Waals surface area (Å²) in [4.78, 5) is 30.0. The minimum atomic E-state index is -0.185. The van der Waals surface area contributed by atoms with E-state index in [1.807, 2.05) is 26.0 Å². The number of hydrogen-bond donors (Lipinski definition) is 1. The molecule has 0 aliphatic heterocycles. The van der Waals surface area contributed by atoms with Crippen LogP contribution in [0.1, 0.15) is 28.4 Å². The van der Waals surface area contributed by atoms with Crippen molar-refractivity contribution in [1.29, 1.82) is 0 Å². The van der Waals surface area contributed by atoms with E-state index < -0.39 is 0 Å². The van der Waals surface area contributed by atoms with Crippen molar-refractivity contribution in [3.8, 4) is 22.8 Å². The zero-order valence-corrected chi connectivity index (χ0v) is 16.6. The molecule has 2 N–H and O–H groups in total. The number of ketones is 1. The van der Waals surface area contributed by atoms with Gasteiger partial charge in [-0.25, -0.2) is 9.97 Å². The highest BCUT2D eigenvalue weighted by Gasteiger charge is 2.25. The molecule has 0 radical (unpaired) electrons. The summed E-state index contributed by atoms with van der Waals surface area (Å²) in [6.45, 7) is 5.39. The summed E-state index contributed by atoms with van der Waals surface area (Å²) in [5.41, 5.74) is 11.5. The Morgan fingerprint density at radius 2 is 1.90 bits per heavy atom. The van der Waals surface area contributed by atoms with Gasteiger partial charge in [0.1, 0.15) is 28.5 Å². The van der Waals surface area contributed by atoms with Gasteiger partial charge in [0.15, 0.2) is 11.4 Å². The summed E-state index contributed by atoms with van der Waals surface area (Å²) in [5.74, 6) is 0.832. The van der Waals surface area contributed by atoms with Crippen molar-refractivity contribution in [2.24, 2.45) is 0 Å². The molecule has 8 heteroatoms. The number of methoxy groups -OCH3 is 1. The van der Waals surface area contributed by atoms with Gasteiger partial charge in [0.25, 0.3) is 0 Å². The second kappa shape index (κ2) is 6.97. The van der Waals surface area contributed by atoms with Crippen molar-refractivity contribution in [2.45, 2.75) is 20.8 Å². The van der Waals surface area contributed by atoms with Gasteiger partial charge in [0.2, 0.25) is 0 Å². The van der Waals surface area contributed by atoms with Gasteiger partial charge >= 0.3 is 0 Å². The Balaban J connectivity index is 2.07. The number of Topliss-reactive ketones (excluding diaryl/α,β-unsaturated/α-hetero) is 1. The van der Waals surface area contributed by atoms with Crippen molar-refractivity contribution >= 4 is 22.8 Å². The van der Waals surface area contributed by atoms with Crippen LogP contribution in [-0.2, 0) is 0 Å². The Morgan fingerprint density at radius 1 is 1.10 bits per heavy atom. The van der Waals surface area contributed by atoms with Crippen LogP contribution < -0.4 is 10.5 Å². The topological polar surface area (TPSA) is 109 Å². The molecular formula is C21H20N6O2. The molecule has 4 aromatic rings. The number of carbonyl (C=O) groups excluding carboxylic acids is 1. The molecule has 4 rings (SSSR count). The highest BCUT2D eigenvalue weighted by Crippen LogP contribution is 2.36. The number of anilines is 1. The van der Waals surface area contributed by atoms with Gasteiger partial charge in [-0.2, -0.15) is 0 Å². The molecule has 0 aliphatic carbocycles. The molecule has 1 aromatic carbocycles. The third-order valence-electron chi connectivity index (χ3n) is 4.90. The number of nitrogen functional groups attached to an aromatic ring is 1. The summed E-state index contributed by atoms with van der Waals surface area (Å²) in [7, 11) is 1.62. The van der Waals surface area contributed by atoms with Crippen LogP contribution in [0.2, 0.25) is 0 Å². The third-order valence-corrected chi connectivity index (χ3v) is 4.90. The molecule has 0 saturated heterocycles. The fourth-order valence-electron chi connectivity index (χ4n) is 3.57. The largest absolute Gasteiger partial charge is 0.496 e. The lowest BCUT2D eigenvalue weighted by Crippen LogP contribution is -2.07. The maximum absolute atomic E-state index is 12.5. The van der Waals surface area contributed by atoms with Crippen LogP contribution in [-0.4, -0.2) is 37.4 Å². The van der Waals surface area contributed by atoms with E-state index in [1.54, 1.807) is 36.5 Å². The molecule has 0 bridgehead atoms. The molecule has 3 heterocycles. The van der Waals surface area contributed by atoms with Crippen LogP contribution in [0.25, 0.3) is 28.2 Å². The Bertz CT molecular complexity index is 1250. The molecule has 0 atom stereocenters. The predicted molar refractivity (Wildman–Crippen MR) is 110 cm³/mol. The highest BCUT2D eigenvalue weighted by molar-refractivity contribution is 6.10. The maximum atomic E-state index is 12.5. The summed E-state index contributed by atoms with van der Waals surface area (Å²) in [6.07, 6.45) is 6.37. The number of nitrogens with zero attached hydrogens (tertiary/aromatic N) is 5. The molecule has 0 aliphatic rings. The maximum Gasteiger partial charge on any atom is 0.165 e. The van der Waals surface area contributed by atoms with Crippen molar-refractivity contribution < 1.29 is 9.53 Å². The lowest BCUT2D eigenvalue weighted by Gasteiger charge is -2.16. The Labute approximate surface area is 167 Å². The van der Waals surface area contributed by atoms with Crippen molar-refractivity contribution in [3.05, 3.63) is 53.6 Å². The first kappa shape index (κ1) is 18.5. The molecule has 0 saturated carbocycles. The minimum absolute atomic E-state index is 0.185. The molecule has 8 nitrogen and oxygen atoms in total. The Kier molecular flexibility index (Phi) is 4.46. The number of fused-ring (bicyclic) bond motifs is 1. The number of rotatable bonds is 4. The zero-order chi connectivity index (χ0) is 20.7. The van der Waals surface area contributed by atoms with Gasteiger partial charge in [-0.05, 0) is 32.4 Å². The number of hydrogen-bond acceptors (Lipinski definition) is 7. The smallest absolute Gasteiger partial charge is 0.165 e. The molecule has 146 valence electrons. The number of aromatic nitrogens is 5. The normalized spacial score (nSPS) is 11.0. The highest BCUT2D eigenvalue weighted by atomic mass is 16.5. The van der Waals surface area contributed by atoms with E-state index in [9.17, 15) is 4.79 Å². The predicted octanol–water partition coefficient (Wildman–Crippen LogP) is 3.29. The van der Waals surface area contributed by atoms with E-state index in [1.165, 1.54) is 6.92 Å². The second-order valence-corrected chi connectivity index (χ2v) is 6.73. The first-order valence-corrected chi connectivity index (χ1v) is 9.02. The fraction of sp³-hybridized carbons (Fsp3) is 0.190. The van der Waals surface area contributed by atoms with Crippen molar-refractivity contribution in [2.75, 3.05) is 12.8 Å². The standard InChI is InChI=1S/C21H20N6O2/c1-11-5-6-16(29-4)12(2)19(11)27-20(22)17(13(3)28)18-21(27)25-10-15(26-18)14-9-23-7-8-24-14/h5-10H,22H2,1-4H3. The lowest BCUT2D eigenvalue weighted by molar-refractivity contribution is 0.102. The summed E-state index contributed by atoms with van der Waals surface area (Å²) < 4.78 is 7.24. The first-order valence-electron chi connectivity index (χ1n) is 9.02. The molecule has 0 amide bonds. The van der Waals surface area contributed by atoms with E-state index >= 15 is 0 Å². The summed E-state index contributed by atoms with van der Waals surface area (Å²) in [6, 6.07) is 3.85. The number of ether oxygens (including phenoxy) is 1. The van der Waals surface area contributed by atoms with E-state index in [0.717, 1.165) is 22.6 Å². The monoisotopic (exact) mass is 388 g/mol. The van der Waals surface area contributed by atoms with Crippen LogP contribution >= 0.6 is 0 Å². The molecule has 0 spiro atoms. The number of aryl methyl sites for hydroxylation is 1. The van der Waals surface area contributed by atoms with Gasteiger partial charge in [0, 0.05) is 18.0 Å². The van der Waals surface area contributed by atoms with Gasteiger partial charge in [-0.3, -0.25) is 19.3 Å². The van der Waals surface area contributed by atoms with E-state index in [2.05, 4.69) is 19.9 Å². The van der Waals surface area contributed by atoms with Crippen LogP contribution in [0.15, 0.2) is 36.9 Å². The van der Waals surface area contributed by atoms with Gasteiger partial charge in [-0.1, -0.05) is 6.07 Å². The second-order valence-electron chi connectivity index (χ2n) is 6.73. The molecule has 0 unspecified atom stereocenters. The molecule has 29 heavy (non-hydrogen) atoms. The molecule has 3 aromatic heterocycles. The van der Waals surface area contributed by atoms with Crippen LogP contribution in [0.5, 0.6) is 5.75 Å². The van der Waals surface area contributed by atoms with Gasteiger partial charge in [0.05, 0.1) is 30.8 Å². The Hall–Kier alpha value is -3.81. The van der Waals surface area contributed by atoms with Crippen molar-refractivity contribution in [3.63, 3.8) is 0 Å². The van der Waals surface area contributed by atoms with Crippen LogP contribution in [0.4, 0.5) is 5.82 Å². The SMILES string of the molecule is COc1ccc(C)c(-n2c(N)c(C(C)=O)c3nc(-c4cnccn4)cnc32)c1C. The fourth-order valence-corrected chi connectivity index (χ4v) is 3.57. The summed E-state index contributed by atoms with van der Waals surface area (Å²) in [5, 5.41) is 0. The van der Waals surface area contributed by atoms with E-state index in [-0.39, 0.29) is 5.78 Å².